The lowest BCUT2D eigenvalue weighted by atomic mass is 10.0. The Hall–Kier alpha value is -3.07. The molecule has 0 spiro atoms. The van der Waals surface area contributed by atoms with Crippen LogP contribution in [0.3, 0.4) is 0 Å². The Balaban J connectivity index is 2.09. The van der Waals surface area contributed by atoms with Crippen molar-refractivity contribution in [3.05, 3.63) is 100 Å². The van der Waals surface area contributed by atoms with Gasteiger partial charge in [0.1, 0.15) is 12.6 Å². The molecule has 3 aromatic rings. The van der Waals surface area contributed by atoms with Crippen LogP contribution >= 0.6 is 23.2 Å². The van der Waals surface area contributed by atoms with Gasteiger partial charge in [0, 0.05) is 28.5 Å². The summed E-state index contributed by atoms with van der Waals surface area (Å²) in [5, 5.41) is 3.74. The number of rotatable bonds is 10. The quantitative estimate of drug-likeness (QED) is 0.347. The molecule has 0 aliphatic rings. The van der Waals surface area contributed by atoms with Gasteiger partial charge in [0.15, 0.2) is 0 Å². The number of benzene rings is 3. The monoisotopic (exact) mass is 589 g/mol. The molecule has 0 aliphatic heterocycles. The van der Waals surface area contributed by atoms with Gasteiger partial charge < -0.3 is 10.2 Å². The van der Waals surface area contributed by atoms with E-state index < -0.39 is 34.1 Å². The van der Waals surface area contributed by atoms with Crippen LogP contribution in [0.25, 0.3) is 0 Å². The lowest BCUT2D eigenvalue weighted by molar-refractivity contribution is -0.140. The van der Waals surface area contributed by atoms with Crippen LogP contribution in [-0.2, 0) is 32.6 Å². The number of anilines is 1. The molecule has 0 radical (unpaired) electrons. The number of hydrogen-bond donors (Lipinski definition) is 1. The molecule has 0 aromatic heterocycles. The Labute approximate surface area is 240 Å². The van der Waals surface area contributed by atoms with E-state index >= 15 is 0 Å². The SMILES string of the molecule is CC(C)(C)NC(=O)[C@H](Cc1ccccc1)N(Cc1ccc(Cl)cc1Cl)C(=O)CN(c1ccccc1)S(C)(=O)=O. The minimum atomic E-state index is -3.83. The van der Waals surface area contributed by atoms with E-state index in [1.54, 1.807) is 48.5 Å². The number of halogens is 2. The normalized spacial score (nSPS) is 12.5. The van der Waals surface area contributed by atoms with Crippen LogP contribution in [0.5, 0.6) is 0 Å². The molecule has 0 aliphatic carbocycles. The van der Waals surface area contributed by atoms with E-state index in [1.807, 2.05) is 51.1 Å². The van der Waals surface area contributed by atoms with Gasteiger partial charge in [-0.25, -0.2) is 8.42 Å². The molecular weight excluding hydrogens is 557 g/mol. The smallest absolute Gasteiger partial charge is 0.244 e. The number of sulfonamides is 1. The van der Waals surface area contributed by atoms with Crippen LogP contribution in [0.1, 0.15) is 31.9 Å². The third kappa shape index (κ3) is 8.98. The van der Waals surface area contributed by atoms with E-state index in [2.05, 4.69) is 5.32 Å². The van der Waals surface area contributed by atoms with Gasteiger partial charge in [-0.15, -0.1) is 0 Å². The first kappa shape index (κ1) is 30.5. The Bertz CT molecular complexity index is 1400. The van der Waals surface area contributed by atoms with Gasteiger partial charge in [-0.05, 0) is 56.2 Å². The number of carbonyl (C=O) groups is 2. The Morgan fingerprint density at radius 1 is 0.923 bits per heavy atom. The van der Waals surface area contributed by atoms with Crippen LogP contribution < -0.4 is 9.62 Å². The molecule has 39 heavy (non-hydrogen) atoms. The first-order chi connectivity index (χ1) is 18.2. The molecule has 0 saturated carbocycles. The molecule has 0 fully saturated rings. The summed E-state index contributed by atoms with van der Waals surface area (Å²) in [4.78, 5) is 29.1. The molecule has 10 heteroatoms. The van der Waals surface area contributed by atoms with E-state index in [0.717, 1.165) is 16.1 Å². The standard InChI is InChI=1S/C29H33Cl2N3O4S/c1-29(2,3)32-28(36)26(17-21-11-7-5-8-12-21)33(19-22-15-16-23(30)18-25(22)31)27(35)20-34(39(4,37)38)24-13-9-6-10-14-24/h5-16,18,26H,17,19-20H2,1-4H3,(H,32,36)/t26-/m0/s1. The number of hydrogen-bond acceptors (Lipinski definition) is 4. The summed E-state index contributed by atoms with van der Waals surface area (Å²) in [6.07, 6.45) is 1.26. The summed E-state index contributed by atoms with van der Waals surface area (Å²) in [7, 11) is -3.83. The first-order valence-electron chi connectivity index (χ1n) is 12.4. The number of nitrogens with zero attached hydrogens (tertiary/aromatic N) is 2. The Morgan fingerprint density at radius 3 is 2.05 bits per heavy atom. The second kappa shape index (κ2) is 12.9. The molecule has 0 saturated heterocycles. The Kier molecular flexibility index (Phi) is 10.0. The molecule has 3 aromatic carbocycles. The van der Waals surface area contributed by atoms with Gasteiger partial charge in [-0.1, -0.05) is 77.8 Å². The maximum atomic E-state index is 14.0. The summed E-state index contributed by atoms with van der Waals surface area (Å²) >= 11 is 12.6. The lowest BCUT2D eigenvalue weighted by Gasteiger charge is -2.35. The topological polar surface area (TPSA) is 86.8 Å². The van der Waals surface area contributed by atoms with E-state index in [1.165, 1.54) is 4.90 Å². The van der Waals surface area contributed by atoms with Gasteiger partial charge in [0.2, 0.25) is 21.8 Å². The zero-order chi connectivity index (χ0) is 28.8. The highest BCUT2D eigenvalue weighted by Crippen LogP contribution is 2.25. The molecular formula is C29H33Cl2N3O4S. The summed E-state index contributed by atoms with van der Waals surface area (Å²) in [5.41, 5.74) is 1.19. The molecule has 0 bridgehead atoms. The third-order valence-corrected chi connectivity index (χ3v) is 7.58. The average Bonchev–Trinajstić information content (AvgIpc) is 2.85. The zero-order valence-corrected chi connectivity index (χ0v) is 24.7. The van der Waals surface area contributed by atoms with Crippen molar-refractivity contribution in [2.75, 3.05) is 17.1 Å². The summed E-state index contributed by atoms with van der Waals surface area (Å²) < 4.78 is 26.6. The predicted octanol–water partition coefficient (Wildman–Crippen LogP) is 5.31. The van der Waals surface area contributed by atoms with Crippen molar-refractivity contribution in [1.29, 1.82) is 0 Å². The highest BCUT2D eigenvalue weighted by atomic mass is 35.5. The second-order valence-electron chi connectivity index (χ2n) is 10.3. The number of carbonyl (C=O) groups excluding carboxylic acids is 2. The molecule has 1 atom stereocenters. The van der Waals surface area contributed by atoms with Crippen molar-refractivity contribution in [3.63, 3.8) is 0 Å². The third-order valence-electron chi connectivity index (χ3n) is 5.85. The van der Waals surface area contributed by atoms with Gasteiger partial charge in [0.05, 0.1) is 11.9 Å². The van der Waals surface area contributed by atoms with Crippen molar-refractivity contribution in [3.8, 4) is 0 Å². The van der Waals surface area contributed by atoms with Crippen LogP contribution in [0, 0.1) is 0 Å². The highest BCUT2D eigenvalue weighted by Gasteiger charge is 2.34. The summed E-state index contributed by atoms with van der Waals surface area (Å²) in [5.74, 6) is -0.921. The van der Waals surface area contributed by atoms with Crippen LogP contribution in [0.2, 0.25) is 10.0 Å². The van der Waals surface area contributed by atoms with Crippen molar-refractivity contribution >= 4 is 50.7 Å². The van der Waals surface area contributed by atoms with Gasteiger partial charge in [-0.2, -0.15) is 0 Å². The van der Waals surface area contributed by atoms with Gasteiger partial charge in [0.25, 0.3) is 0 Å². The highest BCUT2D eigenvalue weighted by molar-refractivity contribution is 7.92. The largest absolute Gasteiger partial charge is 0.350 e. The number of amides is 2. The molecule has 208 valence electrons. The number of nitrogens with one attached hydrogen (secondary N) is 1. The van der Waals surface area contributed by atoms with Gasteiger partial charge in [-0.3, -0.25) is 13.9 Å². The maximum absolute atomic E-state index is 14.0. The van der Waals surface area contributed by atoms with E-state index in [4.69, 9.17) is 23.2 Å². The lowest BCUT2D eigenvalue weighted by Crippen LogP contribution is -2.56. The molecule has 2 amide bonds. The number of para-hydroxylation sites is 1. The fraction of sp³-hybridized carbons (Fsp3) is 0.310. The van der Waals surface area contributed by atoms with Crippen LogP contribution in [0.4, 0.5) is 5.69 Å². The fourth-order valence-corrected chi connectivity index (χ4v) is 5.37. The molecule has 0 heterocycles. The van der Waals surface area contributed by atoms with Crippen molar-refractivity contribution < 1.29 is 18.0 Å². The molecule has 1 N–H and O–H groups in total. The molecule has 7 nitrogen and oxygen atoms in total. The van der Waals surface area contributed by atoms with E-state index in [-0.39, 0.29) is 18.9 Å². The summed E-state index contributed by atoms with van der Waals surface area (Å²) in [6, 6.07) is 21.7. The maximum Gasteiger partial charge on any atom is 0.244 e. The van der Waals surface area contributed by atoms with Crippen molar-refractivity contribution in [2.24, 2.45) is 0 Å². The van der Waals surface area contributed by atoms with Crippen molar-refractivity contribution in [1.82, 2.24) is 10.2 Å². The van der Waals surface area contributed by atoms with E-state index in [9.17, 15) is 18.0 Å². The van der Waals surface area contributed by atoms with E-state index in [0.29, 0.717) is 21.3 Å². The first-order valence-corrected chi connectivity index (χ1v) is 15.0. The van der Waals surface area contributed by atoms with Crippen LogP contribution in [-0.4, -0.2) is 49.5 Å². The minimum absolute atomic E-state index is 0.0315. The summed E-state index contributed by atoms with van der Waals surface area (Å²) in [6.45, 7) is 5.03. The molecule has 0 unspecified atom stereocenters. The fourth-order valence-electron chi connectivity index (χ4n) is 4.05. The molecule has 3 rings (SSSR count). The second-order valence-corrected chi connectivity index (χ2v) is 13.1. The predicted molar refractivity (Wildman–Crippen MR) is 157 cm³/mol. The average molecular weight is 591 g/mol. The Morgan fingerprint density at radius 2 is 1.51 bits per heavy atom. The van der Waals surface area contributed by atoms with Crippen LogP contribution in [0.15, 0.2) is 78.9 Å². The zero-order valence-electron chi connectivity index (χ0n) is 22.4. The van der Waals surface area contributed by atoms with Crippen molar-refractivity contribution in [2.45, 2.75) is 45.3 Å². The minimum Gasteiger partial charge on any atom is -0.350 e. The van der Waals surface area contributed by atoms with Gasteiger partial charge >= 0.3 is 0 Å².